The summed E-state index contributed by atoms with van der Waals surface area (Å²) in [6, 6.07) is 8.27. The second kappa shape index (κ2) is 6.77. The molecule has 0 unspecified atom stereocenters. The number of nitrogens with zero attached hydrogens (tertiary/aromatic N) is 2. The van der Waals surface area contributed by atoms with E-state index in [0.29, 0.717) is 6.42 Å². The first kappa shape index (κ1) is 16.3. The summed E-state index contributed by atoms with van der Waals surface area (Å²) in [6.45, 7) is 8.94. The lowest BCUT2D eigenvalue weighted by atomic mass is 9.93. The van der Waals surface area contributed by atoms with Gasteiger partial charge >= 0.3 is 0 Å². The van der Waals surface area contributed by atoms with E-state index in [2.05, 4.69) is 40.0 Å². The van der Waals surface area contributed by atoms with E-state index in [9.17, 15) is 4.79 Å². The van der Waals surface area contributed by atoms with Gasteiger partial charge in [-0.2, -0.15) is 0 Å². The fourth-order valence-corrected chi connectivity index (χ4v) is 2.57. The van der Waals surface area contributed by atoms with Crippen LogP contribution < -0.4 is 5.32 Å². The van der Waals surface area contributed by atoms with Crippen LogP contribution in [-0.2, 0) is 16.9 Å². The van der Waals surface area contributed by atoms with Crippen molar-refractivity contribution in [1.82, 2.24) is 14.9 Å². The highest BCUT2D eigenvalue weighted by Crippen LogP contribution is 2.21. The minimum atomic E-state index is -0.353. The van der Waals surface area contributed by atoms with Gasteiger partial charge in [0.25, 0.3) is 0 Å². The maximum atomic E-state index is 12.2. The van der Waals surface area contributed by atoms with Crippen molar-refractivity contribution >= 4 is 5.91 Å². The molecule has 2 rings (SSSR count). The van der Waals surface area contributed by atoms with Crippen LogP contribution in [0.5, 0.6) is 0 Å². The van der Waals surface area contributed by atoms with Crippen molar-refractivity contribution in [2.45, 2.75) is 52.6 Å². The third-order valence-corrected chi connectivity index (χ3v) is 3.92. The van der Waals surface area contributed by atoms with Crippen molar-refractivity contribution in [3.05, 3.63) is 53.6 Å². The van der Waals surface area contributed by atoms with Crippen LogP contribution in [0.3, 0.4) is 0 Å². The number of amides is 1. The minimum Gasteiger partial charge on any atom is -0.347 e. The molecule has 0 saturated heterocycles. The van der Waals surface area contributed by atoms with E-state index in [1.807, 2.05) is 33.0 Å². The molecule has 2 aromatic rings. The van der Waals surface area contributed by atoms with E-state index in [4.69, 9.17) is 0 Å². The second-order valence-corrected chi connectivity index (χ2v) is 6.31. The van der Waals surface area contributed by atoms with Crippen LogP contribution in [0.25, 0.3) is 0 Å². The second-order valence-electron chi connectivity index (χ2n) is 6.31. The van der Waals surface area contributed by atoms with Gasteiger partial charge in [0.15, 0.2) is 0 Å². The molecule has 1 aromatic heterocycles. The molecule has 22 heavy (non-hydrogen) atoms. The molecule has 0 aliphatic carbocycles. The van der Waals surface area contributed by atoms with Gasteiger partial charge in [0.05, 0.1) is 5.54 Å². The van der Waals surface area contributed by atoms with Gasteiger partial charge < -0.3 is 9.88 Å². The number of nitrogens with one attached hydrogen (secondary N) is 1. The number of hydrogen-bond acceptors (Lipinski definition) is 2. The highest BCUT2D eigenvalue weighted by Gasteiger charge is 2.22. The van der Waals surface area contributed by atoms with E-state index in [-0.39, 0.29) is 11.4 Å². The number of hydrogen-bond donors (Lipinski definition) is 1. The fraction of sp³-hybridized carbons (Fsp3) is 0.444. The van der Waals surface area contributed by atoms with Crippen LogP contribution in [0.15, 0.2) is 36.7 Å². The van der Waals surface area contributed by atoms with Crippen LogP contribution in [0.2, 0.25) is 0 Å². The van der Waals surface area contributed by atoms with E-state index < -0.39 is 0 Å². The zero-order chi connectivity index (χ0) is 16.2. The van der Waals surface area contributed by atoms with Crippen molar-refractivity contribution in [1.29, 1.82) is 0 Å². The first-order valence-corrected chi connectivity index (χ1v) is 7.74. The Balaban J connectivity index is 1.87. The highest BCUT2D eigenvalue weighted by atomic mass is 16.1. The van der Waals surface area contributed by atoms with Crippen molar-refractivity contribution in [3.8, 4) is 0 Å². The molecule has 0 radical (unpaired) electrons. The van der Waals surface area contributed by atoms with Crippen LogP contribution in [0.1, 0.15) is 43.6 Å². The van der Waals surface area contributed by atoms with Crippen LogP contribution in [-0.4, -0.2) is 15.5 Å². The van der Waals surface area contributed by atoms with E-state index in [1.165, 1.54) is 5.56 Å². The average Bonchev–Trinajstić information content (AvgIpc) is 2.84. The Morgan fingerprint density at radius 3 is 2.73 bits per heavy atom. The van der Waals surface area contributed by atoms with Crippen LogP contribution in [0.4, 0.5) is 0 Å². The molecule has 0 fully saturated rings. The average molecular weight is 299 g/mol. The largest absolute Gasteiger partial charge is 0.347 e. The molecule has 0 saturated carbocycles. The van der Waals surface area contributed by atoms with Gasteiger partial charge in [-0.25, -0.2) is 4.98 Å². The highest BCUT2D eigenvalue weighted by molar-refractivity contribution is 5.76. The molecule has 0 atom stereocenters. The normalized spacial score (nSPS) is 11.5. The van der Waals surface area contributed by atoms with Gasteiger partial charge in [0.2, 0.25) is 5.91 Å². The van der Waals surface area contributed by atoms with E-state index in [0.717, 1.165) is 24.4 Å². The van der Waals surface area contributed by atoms with Gasteiger partial charge in [-0.05, 0) is 39.7 Å². The smallest absolute Gasteiger partial charge is 0.220 e. The van der Waals surface area contributed by atoms with Crippen molar-refractivity contribution in [3.63, 3.8) is 0 Å². The zero-order valence-electron chi connectivity index (χ0n) is 13.9. The van der Waals surface area contributed by atoms with Gasteiger partial charge in [-0.3, -0.25) is 4.79 Å². The lowest BCUT2D eigenvalue weighted by Gasteiger charge is -2.27. The van der Waals surface area contributed by atoms with Gasteiger partial charge in [-0.1, -0.05) is 29.8 Å². The maximum absolute atomic E-state index is 12.2. The standard InChI is InChI=1S/C18H25N3O/c1-14-7-5-8-16(13-14)18(3,4)20-17(22)9-6-11-21-12-10-19-15(21)2/h5,7-8,10,12-13H,6,9,11H2,1-4H3,(H,20,22). The van der Waals surface area contributed by atoms with Gasteiger partial charge in [-0.15, -0.1) is 0 Å². The van der Waals surface area contributed by atoms with Gasteiger partial charge in [0, 0.05) is 25.4 Å². The van der Waals surface area contributed by atoms with Crippen LogP contribution in [0, 0.1) is 13.8 Å². The summed E-state index contributed by atoms with van der Waals surface area (Å²) in [5.74, 6) is 1.07. The monoisotopic (exact) mass is 299 g/mol. The first-order valence-electron chi connectivity index (χ1n) is 7.74. The van der Waals surface area contributed by atoms with Crippen LogP contribution >= 0.6 is 0 Å². The molecule has 0 bridgehead atoms. The van der Waals surface area contributed by atoms with E-state index >= 15 is 0 Å². The third kappa shape index (κ3) is 4.20. The number of aryl methyl sites for hydroxylation is 3. The number of rotatable bonds is 6. The molecule has 118 valence electrons. The lowest BCUT2D eigenvalue weighted by molar-refractivity contribution is -0.122. The van der Waals surface area contributed by atoms with Crippen molar-refractivity contribution < 1.29 is 4.79 Å². The molecule has 4 nitrogen and oxygen atoms in total. The molecule has 4 heteroatoms. The maximum Gasteiger partial charge on any atom is 0.220 e. The summed E-state index contributed by atoms with van der Waals surface area (Å²) in [4.78, 5) is 16.4. The number of aromatic nitrogens is 2. The minimum absolute atomic E-state index is 0.0873. The first-order chi connectivity index (χ1) is 10.4. The summed E-state index contributed by atoms with van der Waals surface area (Å²) >= 11 is 0. The quantitative estimate of drug-likeness (QED) is 0.889. The Morgan fingerprint density at radius 1 is 1.32 bits per heavy atom. The molecular weight excluding hydrogens is 274 g/mol. The fourth-order valence-electron chi connectivity index (χ4n) is 2.57. The number of benzene rings is 1. The topological polar surface area (TPSA) is 46.9 Å². The Bertz CT molecular complexity index is 643. The molecule has 0 aliphatic rings. The predicted molar refractivity (Wildman–Crippen MR) is 88.5 cm³/mol. The summed E-state index contributed by atoms with van der Waals surface area (Å²) < 4.78 is 2.07. The SMILES string of the molecule is Cc1cccc(C(C)(C)NC(=O)CCCn2ccnc2C)c1. The zero-order valence-corrected chi connectivity index (χ0v) is 13.9. The molecule has 1 aromatic carbocycles. The Labute approximate surface area is 132 Å². The molecular formula is C18H25N3O. The summed E-state index contributed by atoms with van der Waals surface area (Å²) in [7, 11) is 0. The number of carbonyl (C=O) groups is 1. The van der Waals surface area contributed by atoms with Crippen molar-refractivity contribution in [2.24, 2.45) is 0 Å². The van der Waals surface area contributed by atoms with Gasteiger partial charge in [0.1, 0.15) is 5.82 Å². The summed E-state index contributed by atoms with van der Waals surface area (Å²) in [6.07, 6.45) is 5.07. The Kier molecular flexibility index (Phi) is 5.01. The molecule has 1 N–H and O–H groups in total. The predicted octanol–water partition coefficient (Wildman–Crippen LogP) is 3.33. The van der Waals surface area contributed by atoms with E-state index in [1.54, 1.807) is 6.20 Å². The summed E-state index contributed by atoms with van der Waals surface area (Å²) in [5, 5.41) is 3.13. The number of carbonyl (C=O) groups excluding carboxylic acids is 1. The Hall–Kier alpha value is -2.10. The van der Waals surface area contributed by atoms with Crippen molar-refractivity contribution in [2.75, 3.05) is 0 Å². The third-order valence-electron chi connectivity index (χ3n) is 3.92. The Morgan fingerprint density at radius 2 is 2.09 bits per heavy atom. The molecule has 1 heterocycles. The summed E-state index contributed by atoms with van der Waals surface area (Å²) in [5.41, 5.74) is 1.98. The molecule has 0 aliphatic heterocycles. The lowest BCUT2D eigenvalue weighted by Crippen LogP contribution is -2.41. The molecule has 1 amide bonds. The number of imidazole rings is 1. The molecule has 0 spiro atoms.